The molecule has 1 aliphatic rings. The third-order valence-corrected chi connectivity index (χ3v) is 4.09. The first-order chi connectivity index (χ1) is 10.7. The van der Waals surface area contributed by atoms with E-state index in [4.69, 9.17) is 11.2 Å². The van der Waals surface area contributed by atoms with Crippen molar-refractivity contribution in [3.05, 3.63) is 53.0 Å². The van der Waals surface area contributed by atoms with Crippen molar-refractivity contribution >= 4 is 27.5 Å². The first-order valence-corrected chi connectivity index (χ1v) is 7.75. The van der Waals surface area contributed by atoms with Gasteiger partial charge in [0.25, 0.3) is 0 Å². The minimum Gasteiger partial charge on any atom is -0.457 e. The van der Waals surface area contributed by atoms with Crippen molar-refractivity contribution in [1.82, 2.24) is 0 Å². The average molecular weight is 356 g/mol. The highest BCUT2D eigenvalue weighted by molar-refractivity contribution is 9.10. The molecule has 0 aromatic heterocycles. The van der Waals surface area contributed by atoms with E-state index >= 15 is 0 Å². The van der Waals surface area contributed by atoms with Gasteiger partial charge in [-0.15, -0.1) is 12.3 Å². The van der Waals surface area contributed by atoms with Gasteiger partial charge in [0.05, 0.1) is 0 Å². The highest BCUT2D eigenvalue weighted by Gasteiger charge is 2.29. The zero-order chi connectivity index (χ0) is 15.5. The lowest BCUT2D eigenvalue weighted by Crippen LogP contribution is -2.24. The van der Waals surface area contributed by atoms with Crippen LogP contribution in [0.1, 0.15) is 6.42 Å². The molecule has 1 unspecified atom stereocenters. The summed E-state index contributed by atoms with van der Waals surface area (Å²) in [5, 5.41) is 0. The van der Waals surface area contributed by atoms with E-state index < -0.39 is 0 Å². The molecule has 3 nitrogen and oxygen atoms in total. The molecule has 1 atom stereocenters. The molecule has 22 heavy (non-hydrogen) atoms. The highest BCUT2D eigenvalue weighted by Crippen LogP contribution is 2.28. The zero-order valence-corrected chi connectivity index (χ0v) is 13.4. The minimum absolute atomic E-state index is 0.00573. The third-order valence-electron chi connectivity index (χ3n) is 3.56. The number of benzene rings is 2. The average Bonchev–Trinajstić information content (AvgIpc) is 2.91. The molecule has 1 amide bonds. The zero-order valence-electron chi connectivity index (χ0n) is 11.8. The third kappa shape index (κ3) is 3.15. The quantitative estimate of drug-likeness (QED) is 0.771. The van der Waals surface area contributed by atoms with Gasteiger partial charge in [0.2, 0.25) is 5.91 Å². The summed E-state index contributed by atoms with van der Waals surface area (Å²) in [6, 6.07) is 15.1. The molecule has 1 fully saturated rings. The molecule has 0 bridgehead atoms. The number of hydrogen-bond donors (Lipinski definition) is 0. The number of hydrogen-bond acceptors (Lipinski definition) is 2. The molecule has 0 N–H and O–H groups in total. The van der Waals surface area contributed by atoms with Crippen molar-refractivity contribution < 1.29 is 9.53 Å². The lowest BCUT2D eigenvalue weighted by molar-refractivity contribution is -0.117. The van der Waals surface area contributed by atoms with Crippen molar-refractivity contribution in [2.45, 2.75) is 6.42 Å². The summed E-state index contributed by atoms with van der Waals surface area (Å²) < 4.78 is 6.77. The van der Waals surface area contributed by atoms with Crippen LogP contribution < -0.4 is 9.64 Å². The van der Waals surface area contributed by atoms with Gasteiger partial charge < -0.3 is 9.64 Å². The topological polar surface area (TPSA) is 29.5 Å². The maximum atomic E-state index is 11.9. The van der Waals surface area contributed by atoms with E-state index in [1.54, 1.807) is 4.90 Å². The van der Waals surface area contributed by atoms with Crippen molar-refractivity contribution in [3.8, 4) is 23.8 Å². The summed E-state index contributed by atoms with van der Waals surface area (Å²) in [5.41, 5.74) is 0.853. The highest BCUT2D eigenvalue weighted by atomic mass is 79.9. The van der Waals surface area contributed by atoms with Crippen LogP contribution in [0, 0.1) is 18.3 Å². The summed E-state index contributed by atoms with van der Waals surface area (Å²) in [5.74, 6) is 4.22. The van der Waals surface area contributed by atoms with Gasteiger partial charge in [0.1, 0.15) is 11.5 Å². The summed E-state index contributed by atoms with van der Waals surface area (Å²) in [6.07, 6.45) is 5.83. The second kappa shape index (κ2) is 6.25. The molecule has 4 heteroatoms. The first kappa shape index (κ1) is 14.7. The van der Waals surface area contributed by atoms with Gasteiger partial charge in [-0.05, 0) is 48.5 Å². The van der Waals surface area contributed by atoms with E-state index in [1.165, 1.54) is 0 Å². The predicted molar refractivity (Wildman–Crippen MR) is 90.0 cm³/mol. The fourth-order valence-electron chi connectivity index (χ4n) is 2.40. The monoisotopic (exact) mass is 355 g/mol. The van der Waals surface area contributed by atoms with Crippen molar-refractivity contribution in [1.29, 1.82) is 0 Å². The van der Waals surface area contributed by atoms with E-state index in [9.17, 15) is 4.79 Å². The number of halogens is 1. The van der Waals surface area contributed by atoms with Gasteiger partial charge in [-0.3, -0.25) is 4.79 Å². The van der Waals surface area contributed by atoms with Crippen molar-refractivity contribution in [2.24, 2.45) is 5.92 Å². The normalized spacial score (nSPS) is 17.4. The lowest BCUT2D eigenvalue weighted by atomic mass is 10.1. The Kier molecular flexibility index (Phi) is 4.17. The molecule has 1 heterocycles. The number of anilines is 1. The molecule has 0 saturated carbocycles. The second-order valence-electron chi connectivity index (χ2n) is 5.12. The number of carbonyl (C=O) groups excluding carboxylic acids is 1. The molecule has 0 spiro atoms. The van der Waals surface area contributed by atoms with Gasteiger partial charge >= 0.3 is 0 Å². The Balaban J connectivity index is 1.72. The second-order valence-corrected chi connectivity index (χ2v) is 6.04. The smallest absolute Gasteiger partial charge is 0.228 e. The maximum Gasteiger partial charge on any atom is 0.228 e. The van der Waals surface area contributed by atoms with E-state index in [-0.39, 0.29) is 11.8 Å². The van der Waals surface area contributed by atoms with Gasteiger partial charge in [-0.1, -0.05) is 15.9 Å². The molecule has 0 aliphatic carbocycles. The molecule has 110 valence electrons. The molecular formula is C18H14BrNO2. The van der Waals surface area contributed by atoms with Crippen LogP contribution in [0.5, 0.6) is 11.5 Å². The van der Waals surface area contributed by atoms with Gasteiger partial charge in [-0.25, -0.2) is 0 Å². The number of ether oxygens (including phenoxy) is 1. The fraction of sp³-hybridized carbons (Fsp3) is 0.167. The van der Waals surface area contributed by atoms with Gasteiger partial charge in [-0.2, -0.15) is 0 Å². The Morgan fingerprint density at radius 2 is 1.68 bits per heavy atom. The number of carbonyl (C=O) groups is 1. The summed E-state index contributed by atoms with van der Waals surface area (Å²) in [4.78, 5) is 13.7. The van der Waals surface area contributed by atoms with E-state index in [1.807, 2.05) is 48.5 Å². The van der Waals surface area contributed by atoms with Crippen LogP contribution in [0.4, 0.5) is 5.69 Å². The van der Waals surface area contributed by atoms with E-state index in [0.29, 0.717) is 13.0 Å². The maximum absolute atomic E-state index is 11.9. The number of terminal acetylenes is 1. The molecule has 2 aromatic carbocycles. The fourth-order valence-corrected chi connectivity index (χ4v) is 2.67. The van der Waals surface area contributed by atoms with Crippen LogP contribution in [0.25, 0.3) is 0 Å². The van der Waals surface area contributed by atoms with Crippen molar-refractivity contribution in [2.75, 3.05) is 11.4 Å². The Hall–Kier alpha value is -2.25. The van der Waals surface area contributed by atoms with Crippen molar-refractivity contribution in [3.63, 3.8) is 0 Å². The summed E-state index contributed by atoms with van der Waals surface area (Å²) in [6.45, 7) is 0.586. The predicted octanol–water partition coefficient (Wildman–Crippen LogP) is 4.23. The van der Waals surface area contributed by atoms with Crippen LogP contribution in [0.2, 0.25) is 0 Å². The SMILES string of the molecule is C#CC1CC(=O)N(c2ccc(Oc3ccc(Br)cc3)cc2)C1. The standard InChI is InChI=1S/C18H14BrNO2/c1-2-13-11-18(21)20(12-13)15-5-9-17(10-6-15)22-16-7-3-14(19)4-8-16/h1,3-10,13H,11-12H2. The molecule has 1 saturated heterocycles. The first-order valence-electron chi connectivity index (χ1n) is 6.95. The largest absolute Gasteiger partial charge is 0.457 e. The lowest BCUT2D eigenvalue weighted by Gasteiger charge is -2.16. The number of amides is 1. The van der Waals surface area contributed by atoms with E-state index in [2.05, 4.69) is 21.9 Å². The van der Waals surface area contributed by atoms with Gasteiger partial charge in [0, 0.05) is 29.0 Å². The molecule has 2 aromatic rings. The summed E-state index contributed by atoms with van der Waals surface area (Å²) in [7, 11) is 0. The van der Waals surface area contributed by atoms with Crippen LogP contribution >= 0.6 is 15.9 Å². The molecule has 3 rings (SSSR count). The molecule has 1 aliphatic heterocycles. The van der Waals surface area contributed by atoms with Crippen LogP contribution in [0.15, 0.2) is 53.0 Å². The molecular weight excluding hydrogens is 342 g/mol. The molecule has 0 radical (unpaired) electrons. The number of nitrogens with zero attached hydrogens (tertiary/aromatic N) is 1. The Morgan fingerprint density at radius 1 is 1.09 bits per heavy atom. The number of rotatable bonds is 3. The minimum atomic E-state index is 0.00573. The van der Waals surface area contributed by atoms with E-state index in [0.717, 1.165) is 21.7 Å². The Labute approximate surface area is 138 Å². The van der Waals surface area contributed by atoms with Crippen LogP contribution in [-0.2, 0) is 4.79 Å². The summed E-state index contributed by atoms with van der Waals surface area (Å²) >= 11 is 3.39. The van der Waals surface area contributed by atoms with Crippen LogP contribution in [0.3, 0.4) is 0 Å². The Bertz CT molecular complexity index is 716. The van der Waals surface area contributed by atoms with Gasteiger partial charge in [0.15, 0.2) is 0 Å². The Morgan fingerprint density at radius 3 is 2.23 bits per heavy atom. The van der Waals surface area contributed by atoms with Crippen LogP contribution in [-0.4, -0.2) is 12.5 Å².